The van der Waals surface area contributed by atoms with Gasteiger partial charge in [-0.3, -0.25) is 14.9 Å². The second-order valence-corrected chi connectivity index (χ2v) is 7.25. The van der Waals surface area contributed by atoms with Gasteiger partial charge >= 0.3 is 0 Å². The average Bonchev–Trinajstić information content (AvgIpc) is 3.11. The number of anilines is 1. The fourth-order valence-corrected chi connectivity index (χ4v) is 3.46. The lowest BCUT2D eigenvalue weighted by molar-refractivity contribution is 0.102. The van der Waals surface area contributed by atoms with Gasteiger partial charge in [-0.25, -0.2) is 4.98 Å². The highest BCUT2D eigenvalue weighted by Crippen LogP contribution is 2.26. The second-order valence-electron chi connectivity index (χ2n) is 5.47. The number of nitrogens with one attached hydrogen (secondary N) is 1. The molecule has 1 N–H and O–H groups in total. The van der Waals surface area contributed by atoms with Crippen molar-refractivity contribution in [3.05, 3.63) is 80.4 Å². The Kier molecular flexibility index (Phi) is 4.40. The van der Waals surface area contributed by atoms with Gasteiger partial charge in [0.1, 0.15) is 17.4 Å². The predicted molar refractivity (Wildman–Crippen MR) is 106 cm³/mol. The molecule has 0 fully saturated rings. The largest absolute Gasteiger partial charge is 0.463 e. The number of aromatic nitrogens is 1. The number of benzene rings is 2. The Balaban J connectivity index is 1.60. The summed E-state index contributed by atoms with van der Waals surface area (Å²) in [5.41, 5.74) is 1.72. The third kappa shape index (κ3) is 3.18. The Hall–Kier alpha value is -2.77. The Morgan fingerprint density at radius 3 is 2.69 bits per heavy atom. The van der Waals surface area contributed by atoms with Gasteiger partial charge in [0.2, 0.25) is 5.43 Å². The molecule has 4 rings (SSSR count). The van der Waals surface area contributed by atoms with Crippen LogP contribution in [0.4, 0.5) is 5.13 Å². The fourth-order valence-electron chi connectivity index (χ4n) is 2.48. The standard InChI is InChI=1S/C19H11BrN2O3S/c20-12-7-5-11(6-8-12)15-10-26-19(21-15)22-18(24)14-9-25-16-4-2-1-3-13(16)17(14)23/h1-10H,(H,21,22,24). The van der Waals surface area contributed by atoms with Gasteiger partial charge in [0.25, 0.3) is 5.91 Å². The van der Waals surface area contributed by atoms with Crippen LogP contribution in [0.25, 0.3) is 22.2 Å². The molecule has 0 aliphatic heterocycles. The first-order valence-electron chi connectivity index (χ1n) is 7.65. The van der Waals surface area contributed by atoms with E-state index in [1.807, 2.05) is 29.6 Å². The summed E-state index contributed by atoms with van der Waals surface area (Å²) >= 11 is 4.69. The number of carbonyl (C=O) groups is 1. The molecule has 2 aromatic carbocycles. The molecule has 0 saturated carbocycles. The number of carbonyl (C=O) groups excluding carboxylic acids is 1. The lowest BCUT2D eigenvalue weighted by atomic mass is 10.1. The number of fused-ring (bicyclic) bond motifs is 1. The van der Waals surface area contributed by atoms with Gasteiger partial charge in [-0.1, -0.05) is 40.2 Å². The zero-order valence-corrected chi connectivity index (χ0v) is 15.6. The number of halogens is 1. The van der Waals surface area contributed by atoms with Crippen LogP contribution in [0.5, 0.6) is 0 Å². The maximum absolute atomic E-state index is 12.5. The molecular formula is C19H11BrN2O3S. The van der Waals surface area contributed by atoms with Gasteiger partial charge in [0.05, 0.1) is 11.1 Å². The van der Waals surface area contributed by atoms with E-state index in [1.54, 1.807) is 24.3 Å². The van der Waals surface area contributed by atoms with Crippen LogP contribution >= 0.6 is 27.3 Å². The van der Waals surface area contributed by atoms with E-state index >= 15 is 0 Å². The summed E-state index contributed by atoms with van der Waals surface area (Å²) in [6, 6.07) is 14.5. The predicted octanol–water partition coefficient (Wildman–Crippen LogP) is 4.93. The number of hydrogen-bond donors (Lipinski definition) is 1. The first kappa shape index (κ1) is 16.7. The smallest absolute Gasteiger partial charge is 0.264 e. The summed E-state index contributed by atoms with van der Waals surface area (Å²) in [4.78, 5) is 29.3. The van der Waals surface area contributed by atoms with Crippen molar-refractivity contribution in [2.45, 2.75) is 0 Å². The lowest BCUT2D eigenvalue weighted by Crippen LogP contribution is -2.21. The SMILES string of the molecule is O=C(Nc1nc(-c2ccc(Br)cc2)cs1)c1coc2ccccc2c1=O. The van der Waals surface area contributed by atoms with E-state index < -0.39 is 5.91 Å². The van der Waals surface area contributed by atoms with Crippen molar-refractivity contribution < 1.29 is 9.21 Å². The van der Waals surface area contributed by atoms with Gasteiger partial charge in [-0.05, 0) is 24.3 Å². The number of thiazole rings is 1. The van der Waals surface area contributed by atoms with Crippen LogP contribution in [0.3, 0.4) is 0 Å². The van der Waals surface area contributed by atoms with Crippen molar-refractivity contribution in [2.75, 3.05) is 5.32 Å². The highest BCUT2D eigenvalue weighted by molar-refractivity contribution is 9.10. The topological polar surface area (TPSA) is 72.2 Å². The zero-order valence-electron chi connectivity index (χ0n) is 13.2. The summed E-state index contributed by atoms with van der Waals surface area (Å²) < 4.78 is 6.37. The molecule has 7 heteroatoms. The van der Waals surface area contributed by atoms with E-state index in [4.69, 9.17) is 4.42 Å². The van der Waals surface area contributed by atoms with E-state index in [-0.39, 0.29) is 11.0 Å². The number of para-hydroxylation sites is 1. The van der Waals surface area contributed by atoms with Gasteiger partial charge in [0, 0.05) is 15.4 Å². The van der Waals surface area contributed by atoms with Crippen molar-refractivity contribution >= 4 is 49.3 Å². The molecule has 5 nitrogen and oxygen atoms in total. The molecule has 0 atom stereocenters. The molecule has 0 saturated heterocycles. The number of nitrogens with zero attached hydrogens (tertiary/aromatic N) is 1. The van der Waals surface area contributed by atoms with Crippen molar-refractivity contribution in [3.8, 4) is 11.3 Å². The molecule has 4 aromatic rings. The highest BCUT2D eigenvalue weighted by atomic mass is 79.9. The Morgan fingerprint density at radius 2 is 1.88 bits per heavy atom. The minimum atomic E-state index is -0.541. The van der Waals surface area contributed by atoms with E-state index in [2.05, 4.69) is 26.2 Å². The fraction of sp³-hybridized carbons (Fsp3) is 0. The number of amides is 1. The van der Waals surface area contributed by atoms with Crippen molar-refractivity contribution in [1.29, 1.82) is 0 Å². The Bertz CT molecular complexity index is 1170. The van der Waals surface area contributed by atoms with Crippen LogP contribution in [-0.4, -0.2) is 10.9 Å². The molecule has 0 unspecified atom stereocenters. The summed E-state index contributed by atoms with van der Waals surface area (Å²) in [6.07, 6.45) is 1.18. The van der Waals surface area contributed by atoms with Crippen LogP contribution in [0.1, 0.15) is 10.4 Å². The van der Waals surface area contributed by atoms with Crippen LogP contribution in [0, 0.1) is 0 Å². The molecule has 26 heavy (non-hydrogen) atoms. The molecule has 0 aliphatic rings. The molecule has 128 valence electrons. The molecule has 0 spiro atoms. The lowest BCUT2D eigenvalue weighted by Gasteiger charge is -2.02. The number of hydrogen-bond acceptors (Lipinski definition) is 5. The Labute approximate surface area is 160 Å². The van der Waals surface area contributed by atoms with Crippen molar-refractivity contribution in [1.82, 2.24) is 4.98 Å². The molecule has 0 bridgehead atoms. The Morgan fingerprint density at radius 1 is 1.12 bits per heavy atom. The quantitative estimate of drug-likeness (QED) is 0.503. The van der Waals surface area contributed by atoms with E-state index in [9.17, 15) is 9.59 Å². The highest BCUT2D eigenvalue weighted by Gasteiger charge is 2.16. The average molecular weight is 427 g/mol. The number of rotatable bonds is 3. The maximum atomic E-state index is 12.5. The summed E-state index contributed by atoms with van der Waals surface area (Å²) in [5.74, 6) is -0.541. The summed E-state index contributed by atoms with van der Waals surface area (Å²) in [6.45, 7) is 0. The third-order valence-electron chi connectivity index (χ3n) is 3.79. The van der Waals surface area contributed by atoms with Crippen LogP contribution in [0.15, 0.2) is 73.9 Å². The minimum absolute atomic E-state index is 0.0518. The monoisotopic (exact) mass is 426 g/mol. The van der Waals surface area contributed by atoms with Crippen LogP contribution in [-0.2, 0) is 0 Å². The van der Waals surface area contributed by atoms with Gasteiger partial charge in [-0.2, -0.15) is 0 Å². The molecule has 0 aliphatic carbocycles. The first-order chi connectivity index (χ1) is 12.6. The van der Waals surface area contributed by atoms with E-state index in [1.165, 1.54) is 17.6 Å². The van der Waals surface area contributed by atoms with Crippen LogP contribution < -0.4 is 10.7 Å². The molecular weight excluding hydrogens is 416 g/mol. The van der Waals surface area contributed by atoms with Crippen molar-refractivity contribution in [3.63, 3.8) is 0 Å². The molecule has 0 radical (unpaired) electrons. The summed E-state index contributed by atoms with van der Waals surface area (Å²) in [5, 5.41) is 5.30. The molecule has 1 amide bonds. The zero-order chi connectivity index (χ0) is 18.1. The van der Waals surface area contributed by atoms with Gasteiger partial charge < -0.3 is 4.42 Å². The van der Waals surface area contributed by atoms with E-state index in [0.717, 1.165) is 15.7 Å². The first-order valence-corrected chi connectivity index (χ1v) is 9.32. The van der Waals surface area contributed by atoms with E-state index in [0.29, 0.717) is 16.1 Å². The normalized spacial score (nSPS) is 10.8. The van der Waals surface area contributed by atoms with Gasteiger partial charge in [0.15, 0.2) is 5.13 Å². The molecule has 2 aromatic heterocycles. The van der Waals surface area contributed by atoms with Gasteiger partial charge in [-0.15, -0.1) is 11.3 Å². The maximum Gasteiger partial charge on any atom is 0.264 e. The third-order valence-corrected chi connectivity index (χ3v) is 5.08. The second kappa shape index (κ2) is 6.86. The minimum Gasteiger partial charge on any atom is -0.463 e. The molecule has 2 heterocycles. The van der Waals surface area contributed by atoms with Crippen LogP contribution in [0.2, 0.25) is 0 Å². The summed E-state index contributed by atoms with van der Waals surface area (Å²) in [7, 11) is 0. The van der Waals surface area contributed by atoms with Crippen molar-refractivity contribution in [2.24, 2.45) is 0 Å².